The number of hydrogen-bond acceptors (Lipinski definition) is 3. The maximum absolute atomic E-state index is 13.9. The zero-order valence-electron chi connectivity index (χ0n) is 17.9. The summed E-state index contributed by atoms with van der Waals surface area (Å²) in [6, 6.07) is 14.6. The molecule has 0 N–H and O–H groups in total. The third-order valence-electron chi connectivity index (χ3n) is 6.07. The van der Waals surface area contributed by atoms with E-state index in [0.717, 1.165) is 28.5 Å². The van der Waals surface area contributed by atoms with Crippen molar-refractivity contribution in [3.63, 3.8) is 0 Å². The highest BCUT2D eigenvalue weighted by molar-refractivity contribution is 6.00. The van der Waals surface area contributed by atoms with Crippen molar-refractivity contribution >= 4 is 11.6 Å². The number of amides is 1. The molecule has 2 aromatic heterocycles. The minimum atomic E-state index is -2.79. The van der Waals surface area contributed by atoms with Crippen molar-refractivity contribution in [2.75, 3.05) is 6.54 Å². The van der Waals surface area contributed by atoms with Gasteiger partial charge in [-0.1, -0.05) is 42.0 Å². The second-order valence-corrected chi connectivity index (χ2v) is 8.23. The van der Waals surface area contributed by atoms with Gasteiger partial charge in [0.05, 0.1) is 17.9 Å². The van der Waals surface area contributed by atoms with Gasteiger partial charge in [0.15, 0.2) is 5.65 Å². The Morgan fingerprint density at radius 2 is 1.82 bits per heavy atom. The molecule has 0 spiro atoms. The number of aryl methyl sites for hydroxylation is 1. The molecule has 1 fully saturated rings. The number of carbonyl (C=O) groups is 1. The Labute approximate surface area is 188 Å². The molecule has 0 radical (unpaired) electrons. The van der Waals surface area contributed by atoms with Crippen LogP contribution >= 0.6 is 0 Å². The summed E-state index contributed by atoms with van der Waals surface area (Å²) in [7, 11) is 0. The van der Waals surface area contributed by atoms with E-state index in [-0.39, 0.29) is 34.7 Å². The average Bonchev–Trinajstić information content (AvgIpc) is 3.46. The van der Waals surface area contributed by atoms with Gasteiger partial charge in [0.25, 0.3) is 12.3 Å². The largest absolute Gasteiger partial charge is 0.331 e. The second kappa shape index (κ2) is 8.35. The summed E-state index contributed by atoms with van der Waals surface area (Å²) >= 11 is 0. The highest BCUT2D eigenvalue weighted by Gasteiger charge is 2.33. The first-order chi connectivity index (χ1) is 15.9. The van der Waals surface area contributed by atoms with Crippen LogP contribution in [0.15, 0.2) is 60.8 Å². The predicted octanol–water partition coefficient (Wildman–Crippen LogP) is 5.76. The first-order valence-corrected chi connectivity index (χ1v) is 10.7. The van der Waals surface area contributed by atoms with Gasteiger partial charge in [-0.25, -0.2) is 22.7 Å². The van der Waals surface area contributed by atoms with Crippen molar-refractivity contribution in [1.82, 2.24) is 19.5 Å². The SMILES string of the molecule is Cc1ccc(-c2cc(C(F)F)n3ncc(C(=O)N4CCC[C@@H]4c4ccc(F)cc4)c3n2)cc1. The van der Waals surface area contributed by atoms with Crippen molar-refractivity contribution < 1.29 is 18.0 Å². The Kier molecular flexibility index (Phi) is 5.36. The Balaban J connectivity index is 1.58. The number of likely N-dealkylation sites (tertiary alicyclic amines) is 1. The molecule has 5 rings (SSSR count). The fourth-order valence-corrected chi connectivity index (χ4v) is 4.36. The van der Waals surface area contributed by atoms with E-state index in [4.69, 9.17) is 0 Å². The predicted molar refractivity (Wildman–Crippen MR) is 118 cm³/mol. The van der Waals surface area contributed by atoms with Crippen LogP contribution in [0.5, 0.6) is 0 Å². The molecule has 0 aliphatic carbocycles. The lowest BCUT2D eigenvalue weighted by atomic mass is 10.0. The van der Waals surface area contributed by atoms with Crippen LogP contribution in [-0.2, 0) is 0 Å². The van der Waals surface area contributed by atoms with Gasteiger partial charge in [0.1, 0.15) is 17.1 Å². The number of rotatable bonds is 4. The normalized spacial score (nSPS) is 16.2. The molecule has 1 amide bonds. The molecule has 1 aliphatic heterocycles. The molecule has 1 saturated heterocycles. The topological polar surface area (TPSA) is 50.5 Å². The summed E-state index contributed by atoms with van der Waals surface area (Å²) in [6.07, 6.45) is 0.0367. The lowest BCUT2D eigenvalue weighted by Gasteiger charge is -2.24. The van der Waals surface area contributed by atoms with Crippen LogP contribution < -0.4 is 0 Å². The standard InChI is InChI=1S/C25H21F3N4O/c1-15-4-6-16(7-5-15)20-13-22(23(27)28)32-24(30-20)19(14-29-32)25(33)31-12-2-3-21(31)17-8-10-18(26)11-9-17/h4-11,13-14,21,23H,2-3,12H2,1H3/t21-/m1/s1. The second-order valence-electron chi connectivity index (χ2n) is 8.23. The zero-order chi connectivity index (χ0) is 23.1. The van der Waals surface area contributed by atoms with Gasteiger partial charge in [-0.15, -0.1) is 0 Å². The quantitative estimate of drug-likeness (QED) is 0.397. The van der Waals surface area contributed by atoms with Crippen LogP contribution in [0.25, 0.3) is 16.9 Å². The summed E-state index contributed by atoms with van der Waals surface area (Å²) in [5.41, 5.74) is 2.83. The third kappa shape index (κ3) is 3.86. The number of hydrogen-bond donors (Lipinski definition) is 0. The molecule has 33 heavy (non-hydrogen) atoms. The van der Waals surface area contributed by atoms with Crippen molar-refractivity contribution in [2.45, 2.75) is 32.2 Å². The minimum absolute atomic E-state index is 0.0955. The minimum Gasteiger partial charge on any atom is -0.331 e. The summed E-state index contributed by atoms with van der Waals surface area (Å²) in [6.45, 7) is 2.45. The van der Waals surface area contributed by atoms with Crippen molar-refractivity contribution in [3.05, 3.63) is 89.0 Å². The van der Waals surface area contributed by atoms with Gasteiger partial charge in [-0.2, -0.15) is 5.10 Å². The maximum Gasteiger partial charge on any atom is 0.280 e. The lowest BCUT2D eigenvalue weighted by Crippen LogP contribution is -2.30. The molecule has 3 heterocycles. The van der Waals surface area contributed by atoms with Crippen LogP contribution in [0.3, 0.4) is 0 Å². The Morgan fingerprint density at radius 3 is 2.52 bits per heavy atom. The molecule has 1 aliphatic rings. The molecule has 5 nitrogen and oxygen atoms in total. The van der Waals surface area contributed by atoms with E-state index >= 15 is 0 Å². The zero-order valence-corrected chi connectivity index (χ0v) is 17.9. The third-order valence-corrected chi connectivity index (χ3v) is 6.07. The highest BCUT2D eigenvalue weighted by Crippen LogP contribution is 2.34. The average molecular weight is 450 g/mol. The first kappa shape index (κ1) is 21.2. The molecule has 2 aromatic carbocycles. The summed E-state index contributed by atoms with van der Waals surface area (Å²) < 4.78 is 42.1. The fourth-order valence-electron chi connectivity index (χ4n) is 4.36. The molecule has 168 valence electrons. The van der Waals surface area contributed by atoms with Crippen molar-refractivity contribution in [1.29, 1.82) is 0 Å². The number of fused-ring (bicyclic) bond motifs is 1. The van der Waals surface area contributed by atoms with Crippen LogP contribution in [0.2, 0.25) is 0 Å². The van der Waals surface area contributed by atoms with Gasteiger partial charge in [-0.05, 0) is 43.5 Å². The van der Waals surface area contributed by atoms with Gasteiger partial charge < -0.3 is 4.90 Å². The molecule has 8 heteroatoms. The monoisotopic (exact) mass is 450 g/mol. The number of benzene rings is 2. The Bertz CT molecular complexity index is 1320. The number of aromatic nitrogens is 3. The summed E-state index contributed by atoms with van der Waals surface area (Å²) in [4.78, 5) is 19.8. The van der Waals surface area contributed by atoms with Gasteiger partial charge in [0, 0.05) is 12.1 Å². The van der Waals surface area contributed by atoms with E-state index in [1.807, 2.05) is 31.2 Å². The van der Waals surface area contributed by atoms with Gasteiger partial charge >= 0.3 is 0 Å². The van der Waals surface area contributed by atoms with E-state index < -0.39 is 6.43 Å². The first-order valence-electron chi connectivity index (χ1n) is 10.7. The van der Waals surface area contributed by atoms with E-state index in [1.165, 1.54) is 24.4 Å². The number of alkyl halides is 2. The lowest BCUT2D eigenvalue weighted by molar-refractivity contribution is 0.0737. The molecule has 0 bridgehead atoms. The highest BCUT2D eigenvalue weighted by atomic mass is 19.3. The molecule has 0 saturated carbocycles. The Morgan fingerprint density at radius 1 is 1.09 bits per heavy atom. The summed E-state index contributed by atoms with van der Waals surface area (Å²) in [5, 5.41) is 4.07. The fraction of sp³-hybridized carbons (Fsp3) is 0.240. The van der Waals surface area contributed by atoms with Gasteiger partial charge in [0.2, 0.25) is 0 Å². The molecular weight excluding hydrogens is 429 g/mol. The van der Waals surface area contributed by atoms with E-state index in [9.17, 15) is 18.0 Å². The maximum atomic E-state index is 13.9. The summed E-state index contributed by atoms with van der Waals surface area (Å²) in [5.74, 6) is -0.671. The number of nitrogens with zero attached hydrogens (tertiary/aromatic N) is 4. The smallest absolute Gasteiger partial charge is 0.280 e. The Hall–Kier alpha value is -3.68. The van der Waals surface area contributed by atoms with Crippen LogP contribution in [0.4, 0.5) is 13.2 Å². The van der Waals surface area contributed by atoms with E-state index in [0.29, 0.717) is 17.8 Å². The van der Waals surface area contributed by atoms with Gasteiger partial charge in [-0.3, -0.25) is 4.79 Å². The van der Waals surface area contributed by atoms with E-state index in [2.05, 4.69) is 10.1 Å². The van der Waals surface area contributed by atoms with Crippen LogP contribution in [0, 0.1) is 12.7 Å². The van der Waals surface area contributed by atoms with Crippen molar-refractivity contribution in [3.8, 4) is 11.3 Å². The number of halogens is 3. The van der Waals surface area contributed by atoms with Crippen molar-refractivity contribution in [2.24, 2.45) is 0 Å². The number of carbonyl (C=O) groups excluding carboxylic acids is 1. The molecular formula is C25H21F3N4O. The van der Waals surface area contributed by atoms with Crippen LogP contribution in [0.1, 0.15) is 52.5 Å². The molecule has 4 aromatic rings. The molecule has 1 atom stereocenters. The molecule has 0 unspecified atom stereocenters. The van der Waals surface area contributed by atoms with Crippen LogP contribution in [-0.4, -0.2) is 31.9 Å². The van der Waals surface area contributed by atoms with E-state index in [1.54, 1.807) is 17.0 Å².